The van der Waals surface area contributed by atoms with Crippen LogP contribution in [0.3, 0.4) is 0 Å². The van der Waals surface area contributed by atoms with Crippen molar-refractivity contribution in [2.75, 3.05) is 19.8 Å². The third kappa shape index (κ3) is 3.34. The average molecular weight is 266 g/mol. The van der Waals surface area contributed by atoms with Gasteiger partial charge >= 0.3 is 0 Å². The number of aryl methyl sites for hydroxylation is 1. The molecule has 1 N–H and O–H groups in total. The van der Waals surface area contributed by atoms with E-state index in [9.17, 15) is 0 Å². The lowest BCUT2D eigenvalue weighted by molar-refractivity contribution is 0.144. The van der Waals surface area contributed by atoms with Gasteiger partial charge in [0.15, 0.2) is 5.82 Å². The maximum Gasteiger partial charge on any atom is 0.150 e. The van der Waals surface area contributed by atoms with Crippen LogP contribution >= 0.6 is 0 Å². The summed E-state index contributed by atoms with van der Waals surface area (Å²) in [6.45, 7) is 12.3. The highest BCUT2D eigenvalue weighted by atomic mass is 16.5. The van der Waals surface area contributed by atoms with Crippen molar-refractivity contribution >= 4 is 0 Å². The Balaban J connectivity index is 2.07. The molecule has 108 valence electrons. The Morgan fingerprint density at radius 2 is 2.16 bits per heavy atom. The van der Waals surface area contributed by atoms with E-state index < -0.39 is 0 Å². The fourth-order valence-electron chi connectivity index (χ4n) is 2.57. The first-order valence-corrected chi connectivity index (χ1v) is 7.27. The highest BCUT2D eigenvalue weighted by Gasteiger charge is 2.33. The summed E-state index contributed by atoms with van der Waals surface area (Å²) >= 11 is 0. The van der Waals surface area contributed by atoms with Crippen molar-refractivity contribution in [2.45, 2.75) is 53.1 Å². The number of aromatic nitrogens is 3. The van der Waals surface area contributed by atoms with Crippen LogP contribution < -0.4 is 5.32 Å². The predicted molar refractivity (Wildman–Crippen MR) is 75.0 cm³/mol. The molecular formula is C14H26N4O. The molecule has 19 heavy (non-hydrogen) atoms. The van der Waals surface area contributed by atoms with Crippen molar-refractivity contribution in [3.8, 4) is 0 Å². The second-order valence-electron chi connectivity index (χ2n) is 6.18. The van der Waals surface area contributed by atoms with Crippen LogP contribution in [0.1, 0.15) is 51.8 Å². The number of nitrogens with one attached hydrogen (secondary N) is 1. The van der Waals surface area contributed by atoms with Crippen molar-refractivity contribution in [3.63, 3.8) is 0 Å². The molecule has 1 aliphatic rings. The van der Waals surface area contributed by atoms with E-state index in [2.05, 4.69) is 40.9 Å². The van der Waals surface area contributed by atoms with Crippen LogP contribution in [0.2, 0.25) is 0 Å². The van der Waals surface area contributed by atoms with E-state index in [1.54, 1.807) is 0 Å². The molecule has 1 aromatic heterocycles. The molecule has 0 fully saturated rings. The molecular weight excluding hydrogens is 240 g/mol. The first-order valence-electron chi connectivity index (χ1n) is 7.27. The van der Waals surface area contributed by atoms with E-state index >= 15 is 0 Å². The summed E-state index contributed by atoms with van der Waals surface area (Å²) in [7, 11) is 0. The van der Waals surface area contributed by atoms with Gasteiger partial charge in [-0.2, -0.15) is 0 Å². The molecule has 1 aromatic rings. The maximum atomic E-state index is 5.38. The lowest BCUT2D eigenvalue weighted by Crippen LogP contribution is -2.41. The van der Waals surface area contributed by atoms with Gasteiger partial charge in [-0.25, -0.2) is 0 Å². The summed E-state index contributed by atoms with van der Waals surface area (Å²) in [5.74, 6) is 2.19. The van der Waals surface area contributed by atoms with Crippen LogP contribution in [0.5, 0.6) is 0 Å². The Kier molecular flexibility index (Phi) is 4.58. The highest BCUT2D eigenvalue weighted by molar-refractivity contribution is 5.08. The van der Waals surface area contributed by atoms with Crippen LogP contribution in [0.4, 0.5) is 0 Å². The van der Waals surface area contributed by atoms with Crippen molar-refractivity contribution < 1.29 is 4.74 Å². The van der Waals surface area contributed by atoms with E-state index in [-0.39, 0.29) is 11.5 Å². The Labute approximate surface area is 115 Å². The molecule has 5 nitrogen and oxygen atoms in total. The van der Waals surface area contributed by atoms with Gasteiger partial charge in [-0.1, -0.05) is 20.8 Å². The van der Waals surface area contributed by atoms with Crippen LogP contribution in [0.25, 0.3) is 0 Å². The SMILES string of the molecule is CCOCCCc1nnc2n1CCNC2C(C)(C)C. The Bertz CT molecular complexity index is 408. The van der Waals surface area contributed by atoms with Crippen LogP contribution in [0, 0.1) is 5.41 Å². The largest absolute Gasteiger partial charge is 0.382 e. The van der Waals surface area contributed by atoms with Crippen LogP contribution in [0.15, 0.2) is 0 Å². The van der Waals surface area contributed by atoms with Gasteiger partial charge in [-0.3, -0.25) is 0 Å². The normalized spacial score (nSPS) is 19.5. The van der Waals surface area contributed by atoms with E-state index in [1.165, 1.54) is 0 Å². The second kappa shape index (κ2) is 6.01. The zero-order valence-corrected chi connectivity index (χ0v) is 12.6. The van der Waals surface area contributed by atoms with E-state index in [0.29, 0.717) is 0 Å². The molecule has 1 unspecified atom stereocenters. The van der Waals surface area contributed by atoms with Gasteiger partial charge in [0.1, 0.15) is 5.82 Å². The fraction of sp³-hybridized carbons (Fsp3) is 0.857. The number of rotatable bonds is 5. The van der Waals surface area contributed by atoms with Gasteiger partial charge in [0.25, 0.3) is 0 Å². The molecule has 1 aliphatic heterocycles. The van der Waals surface area contributed by atoms with E-state index in [1.807, 2.05) is 6.92 Å². The molecule has 2 heterocycles. The molecule has 5 heteroatoms. The van der Waals surface area contributed by atoms with E-state index in [0.717, 1.165) is 50.8 Å². The standard InChI is InChI=1S/C14H26N4O/c1-5-19-10-6-7-11-16-17-13-12(14(2,3)4)15-8-9-18(11)13/h12,15H,5-10H2,1-4H3. The molecule has 0 saturated heterocycles. The van der Waals surface area contributed by atoms with Crippen LogP contribution in [-0.4, -0.2) is 34.5 Å². The third-order valence-corrected chi connectivity index (χ3v) is 3.56. The minimum Gasteiger partial charge on any atom is -0.382 e. The highest BCUT2D eigenvalue weighted by Crippen LogP contribution is 2.33. The molecule has 0 radical (unpaired) electrons. The Morgan fingerprint density at radius 1 is 1.37 bits per heavy atom. The van der Waals surface area contributed by atoms with Gasteiger partial charge < -0.3 is 14.6 Å². The zero-order chi connectivity index (χ0) is 13.9. The molecule has 0 aliphatic carbocycles. The lowest BCUT2D eigenvalue weighted by Gasteiger charge is -2.34. The predicted octanol–water partition coefficient (Wildman–Crippen LogP) is 1.94. The minimum atomic E-state index is 0.161. The van der Waals surface area contributed by atoms with Crippen molar-refractivity contribution in [1.29, 1.82) is 0 Å². The summed E-state index contributed by atoms with van der Waals surface area (Å²) in [6.07, 6.45) is 1.96. The Hall–Kier alpha value is -0.940. The van der Waals surface area contributed by atoms with Crippen LogP contribution in [-0.2, 0) is 17.7 Å². The molecule has 1 atom stereocenters. The van der Waals surface area contributed by atoms with E-state index in [4.69, 9.17) is 4.74 Å². The summed E-state index contributed by atoms with van der Waals surface area (Å²) in [6, 6.07) is 0.286. The molecule has 0 aromatic carbocycles. The number of hydrogen-bond acceptors (Lipinski definition) is 4. The lowest BCUT2D eigenvalue weighted by atomic mass is 9.85. The first kappa shape index (κ1) is 14.5. The van der Waals surface area contributed by atoms with Gasteiger partial charge in [0, 0.05) is 32.7 Å². The topological polar surface area (TPSA) is 52.0 Å². The second-order valence-corrected chi connectivity index (χ2v) is 6.18. The average Bonchev–Trinajstić information content (AvgIpc) is 2.76. The molecule has 2 rings (SSSR count). The molecule has 0 spiro atoms. The third-order valence-electron chi connectivity index (χ3n) is 3.56. The Morgan fingerprint density at radius 3 is 2.84 bits per heavy atom. The smallest absolute Gasteiger partial charge is 0.150 e. The number of fused-ring (bicyclic) bond motifs is 1. The zero-order valence-electron chi connectivity index (χ0n) is 12.6. The van der Waals surface area contributed by atoms with Gasteiger partial charge in [0.05, 0.1) is 6.04 Å². The monoisotopic (exact) mass is 266 g/mol. The van der Waals surface area contributed by atoms with Gasteiger partial charge in [0.2, 0.25) is 0 Å². The summed E-state index contributed by atoms with van der Waals surface area (Å²) in [4.78, 5) is 0. The summed E-state index contributed by atoms with van der Waals surface area (Å²) in [5, 5.41) is 12.3. The van der Waals surface area contributed by atoms with Crippen molar-refractivity contribution in [2.24, 2.45) is 5.41 Å². The number of ether oxygens (including phenoxy) is 1. The minimum absolute atomic E-state index is 0.161. The number of nitrogens with zero attached hydrogens (tertiary/aromatic N) is 3. The van der Waals surface area contributed by atoms with Crippen molar-refractivity contribution in [3.05, 3.63) is 11.6 Å². The quantitative estimate of drug-likeness (QED) is 0.828. The fourth-order valence-corrected chi connectivity index (χ4v) is 2.57. The molecule has 0 bridgehead atoms. The summed E-state index contributed by atoms with van der Waals surface area (Å²) in [5.41, 5.74) is 0.161. The van der Waals surface area contributed by atoms with Crippen molar-refractivity contribution in [1.82, 2.24) is 20.1 Å². The van der Waals surface area contributed by atoms with Gasteiger partial charge in [-0.15, -0.1) is 10.2 Å². The number of hydrogen-bond donors (Lipinski definition) is 1. The summed E-state index contributed by atoms with van der Waals surface area (Å²) < 4.78 is 7.67. The maximum absolute atomic E-state index is 5.38. The molecule has 0 saturated carbocycles. The van der Waals surface area contributed by atoms with Gasteiger partial charge in [-0.05, 0) is 18.8 Å². The first-order chi connectivity index (χ1) is 9.04. The molecule has 0 amide bonds.